The van der Waals surface area contributed by atoms with Crippen LogP contribution in [0.15, 0.2) is 47.4 Å². The number of methoxy groups -OCH3 is 1. The fraction of sp³-hybridized carbons (Fsp3) is 0.133. The number of ketones is 1. The molecule has 5 heteroatoms. The maximum Gasteiger partial charge on any atom is 0.176 e. The van der Waals surface area contributed by atoms with E-state index in [2.05, 4.69) is 0 Å². The third-order valence-corrected chi connectivity index (χ3v) is 3.91. The molecule has 0 aliphatic rings. The zero-order valence-electron chi connectivity index (χ0n) is 10.7. The lowest BCUT2D eigenvalue weighted by molar-refractivity contribution is 0.101. The summed E-state index contributed by atoms with van der Waals surface area (Å²) in [6.07, 6.45) is 0. The van der Waals surface area contributed by atoms with Crippen molar-refractivity contribution in [2.24, 2.45) is 0 Å². The summed E-state index contributed by atoms with van der Waals surface area (Å²) < 4.78 is 18.3. The van der Waals surface area contributed by atoms with Crippen molar-refractivity contribution in [2.75, 3.05) is 12.9 Å². The van der Waals surface area contributed by atoms with Crippen molar-refractivity contribution >= 4 is 29.1 Å². The van der Waals surface area contributed by atoms with Gasteiger partial charge in [0, 0.05) is 9.92 Å². The molecular formula is C15H12ClFO2S. The molecule has 2 aromatic rings. The zero-order valence-corrected chi connectivity index (χ0v) is 12.3. The summed E-state index contributed by atoms with van der Waals surface area (Å²) in [5, 5.41) is 0.646. The van der Waals surface area contributed by atoms with E-state index in [4.69, 9.17) is 16.3 Å². The molecule has 0 saturated carbocycles. The van der Waals surface area contributed by atoms with Crippen LogP contribution >= 0.6 is 23.4 Å². The molecule has 0 atom stereocenters. The molecule has 2 aromatic carbocycles. The summed E-state index contributed by atoms with van der Waals surface area (Å²) in [5.41, 5.74) is 0.258. The number of Topliss-reactive ketones (excluding diaryl/α,β-unsaturated/α-hetero) is 1. The minimum absolute atomic E-state index is 0.179. The highest BCUT2D eigenvalue weighted by molar-refractivity contribution is 8.00. The number of carbonyl (C=O) groups is 1. The molecule has 0 heterocycles. The Morgan fingerprint density at radius 1 is 1.25 bits per heavy atom. The molecule has 0 aliphatic carbocycles. The van der Waals surface area contributed by atoms with Gasteiger partial charge >= 0.3 is 0 Å². The summed E-state index contributed by atoms with van der Waals surface area (Å²) in [5.74, 6) is -0.0402. The number of halogens is 2. The lowest BCUT2D eigenvalue weighted by atomic mass is 10.1. The van der Waals surface area contributed by atoms with Gasteiger partial charge in [-0.1, -0.05) is 11.6 Å². The Balaban J connectivity index is 2.08. The van der Waals surface area contributed by atoms with Gasteiger partial charge in [0.05, 0.1) is 18.4 Å². The van der Waals surface area contributed by atoms with Crippen LogP contribution in [-0.4, -0.2) is 18.6 Å². The minimum Gasteiger partial charge on any atom is -0.496 e. The van der Waals surface area contributed by atoms with Crippen molar-refractivity contribution < 1.29 is 13.9 Å². The van der Waals surface area contributed by atoms with Crippen molar-refractivity contribution in [1.29, 1.82) is 0 Å². The first kappa shape index (κ1) is 14.9. The van der Waals surface area contributed by atoms with Crippen molar-refractivity contribution in [3.63, 3.8) is 0 Å². The second kappa shape index (κ2) is 6.77. The Bertz CT molecular complexity index is 614. The lowest BCUT2D eigenvalue weighted by Crippen LogP contribution is -2.05. The molecule has 0 amide bonds. The SMILES string of the molecule is COc1ccc(F)cc1C(=O)CSc1ccc(Cl)cc1. The van der Waals surface area contributed by atoms with Crippen LogP contribution in [0, 0.1) is 5.82 Å². The van der Waals surface area contributed by atoms with Gasteiger partial charge in [-0.15, -0.1) is 11.8 Å². The zero-order chi connectivity index (χ0) is 14.5. The van der Waals surface area contributed by atoms with Gasteiger partial charge in [0.15, 0.2) is 5.78 Å². The van der Waals surface area contributed by atoms with Crippen LogP contribution in [0.4, 0.5) is 4.39 Å². The third kappa shape index (κ3) is 3.74. The van der Waals surface area contributed by atoms with E-state index in [1.165, 1.54) is 37.1 Å². The van der Waals surface area contributed by atoms with E-state index in [0.717, 1.165) is 4.90 Å². The van der Waals surface area contributed by atoms with Gasteiger partial charge in [0.1, 0.15) is 11.6 Å². The summed E-state index contributed by atoms with van der Waals surface area (Å²) in [7, 11) is 1.45. The molecule has 0 unspecified atom stereocenters. The van der Waals surface area contributed by atoms with Crippen molar-refractivity contribution in [3.8, 4) is 5.75 Å². The monoisotopic (exact) mass is 310 g/mol. The predicted octanol–water partition coefficient (Wildman–Crippen LogP) is 4.46. The molecule has 0 bridgehead atoms. The number of hydrogen-bond donors (Lipinski definition) is 0. The van der Waals surface area contributed by atoms with Gasteiger partial charge in [0.25, 0.3) is 0 Å². The number of hydrogen-bond acceptors (Lipinski definition) is 3. The van der Waals surface area contributed by atoms with Crippen LogP contribution in [0.5, 0.6) is 5.75 Å². The second-order valence-electron chi connectivity index (χ2n) is 4.01. The van der Waals surface area contributed by atoms with E-state index in [9.17, 15) is 9.18 Å². The van der Waals surface area contributed by atoms with Crippen molar-refractivity contribution in [3.05, 3.63) is 58.9 Å². The number of thioether (sulfide) groups is 1. The highest BCUT2D eigenvalue weighted by Crippen LogP contribution is 2.25. The van der Waals surface area contributed by atoms with E-state index in [0.29, 0.717) is 10.8 Å². The fourth-order valence-corrected chi connectivity index (χ4v) is 2.56. The highest BCUT2D eigenvalue weighted by Gasteiger charge is 2.13. The standard InChI is InChI=1S/C15H12ClFO2S/c1-19-15-7-4-11(17)8-13(15)14(18)9-20-12-5-2-10(16)3-6-12/h2-8H,9H2,1H3. The van der Waals surface area contributed by atoms with E-state index in [-0.39, 0.29) is 17.1 Å². The average molecular weight is 311 g/mol. The first-order valence-electron chi connectivity index (χ1n) is 5.85. The molecule has 0 spiro atoms. The molecule has 0 fully saturated rings. The second-order valence-corrected chi connectivity index (χ2v) is 5.50. The Morgan fingerprint density at radius 3 is 2.60 bits per heavy atom. The largest absolute Gasteiger partial charge is 0.496 e. The molecule has 2 nitrogen and oxygen atoms in total. The smallest absolute Gasteiger partial charge is 0.176 e. The Kier molecular flexibility index (Phi) is 5.04. The van der Waals surface area contributed by atoms with E-state index >= 15 is 0 Å². The van der Waals surface area contributed by atoms with Crippen LogP contribution < -0.4 is 4.74 Å². The topological polar surface area (TPSA) is 26.3 Å². The molecule has 0 N–H and O–H groups in total. The van der Waals surface area contributed by atoms with E-state index < -0.39 is 5.82 Å². The first-order valence-corrected chi connectivity index (χ1v) is 7.21. The number of rotatable bonds is 5. The van der Waals surface area contributed by atoms with Crippen molar-refractivity contribution in [2.45, 2.75) is 4.90 Å². The predicted molar refractivity (Wildman–Crippen MR) is 79.5 cm³/mol. The first-order chi connectivity index (χ1) is 9.60. The maximum atomic E-state index is 13.2. The molecule has 104 valence electrons. The summed E-state index contributed by atoms with van der Waals surface area (Å²) >= 11 is 7.16. The molecule has 20 heavy (non-hydrogen) atoms. The number of benzene rings is 2. The summed E-state index contributed by atoms with van der Waals surface area (Å²) in [6, 6.07) is 11.1. The van der Waals surface area contributed by atoms with E-state index in [1.807, 2.05) is 12.1 Å². The Labute approximate surface area is 125 Å². The van der Waals surface area contributed by atoms with Gasteiger partial charge in [-0.05, 0) is 42.5 Å². The molecule has 0 aromatic heterocycles. The van der Waals surface area contributed by atoms with Crippen LogP contribution in [-0.2, 0) is 0 Å². The highest BCUT2D eigenvalue weighted by atomic mass is 35.5. The fourth-order valence-electron chi connectivity index (χ4n) is 1.66. The number of carbonyl (C=O) groups excluding carboxylic acids is 1. The van der Waals surface area contributed by atoms with E-state index in [1.54, 1.807) is 12.1 Å². The quantitative estimate of drug-likeness (QED) is 0.602. The third-order valence-electron chi connectivity index (χ3n) is 2.65. The Hall–Kier alpha value is -1.52. The van der Waals surface area contributed by atoms with Crippen molar-refractivity contribution in [1.82, 2.24) is 0 Å². The maximum absolute atomic E-state index is 13.2. The molecule has 0 saturated heterocycles. The van der Waals surface area contributed by atoms with Gasteiger partial charge in [0.2, 0.25) is 0 Å². The molecule has 0 radical (unpaired) electrons. The lowest BCUT2D eigenvalue weighted by Gasteiger charge is -2.07. The molecule has 0 aliphatic heterocycles. The summed E-state index contributed by atoms with van der Waals surface area (Å²) in [6.45, 7) is 0. The summed E-state index contributed by atoms with van der Waals surface area (Å²) in [4.78, 5) is 13.1. The van der Waals surface area contributed by atoms with Gasteiger partial charge in [-0.2, -0.15) is 0 Å². The van der Waals surface area contributed by atoms with Crippen LogP contribution in [0.1, 0.15) is 10.4 Å². The van der Waals surface area contributed by atoms with Gasteiger partial charge in [-0.3, -0.25) is 4.79 Å². The van der Waals surface area contributed by atoms with Gasteiger partial charge < -0.3 is 4.74 Å². The van der Waals surface area contributed by atoms with Crippen LogP contribution in [0.3, 0.4) is 0 Å². The number of ether oxygens (including phenoxy) is 1. The minimum atomic E-state index is -0.453. The van der Waals surface area contributed by atoms with Crippen LogP contribution in [0.2, 0.25) is 5.02 Å². The Morgan fingerprint density at radius 2 is 1.95 bits per heavy atom. The normalized spacial score (nSPS) is 10.3. The molecular weight excluding hydrogens is 299 g/mol. The van der Waals surface area contributed by atoms with Crippen LogP contribution in [0.25, 0.3) is 0 Å². The molecule has 2 rings (SSSR count). The van der Waals surface area contributed by atoms with Gasteiger partial charge in [-0.25, -0.2) is 4.39 Å². The average Bonchev–Trinajstić information content (AvgIpc) is 2.46.